The third kappa shape index (κ3) is 4.66. The van der Waals surface area contributed by atoms with E-state index in [0.717, 1.165) is 64.7 Å². The van der Waals surface area contributed by atoms with E-state index in [1.165, 1.54) is 5.56 Å². The zero-order chi connectivity index (χ0) is 18.4. The number of rotatable bonds is 5. The second-order valence-electron chi connectivity index (χ2n) is 7.73. The summed E-state index contributed by atoms with van der Waals surface area (Å²) < 4.78 is 0. The Morgan fingerprint density at radius 2 is 1.77 bits per heavy atom. The second-order valence-corrected chi connectivity index (χ2v) is 7.73. The molecule has 2 fully saturated rings. The normalized spacial score (nSPS) is 22.3. The van der Waals surface area contributed by atoms with Gasteiger partial charge in [-0.15, -0.1) is 0 Å². The van der Waals surface area contributed by atoms with E-state index < -0.39 is 0 Å². The Labute approximate surface area is 157 Å². The lowest BCUT2D eigenvalue weighted by Gasteiger charge is -2.36. The zero-order valence-electron chi connectivity index (χ0n) is 16.0. The van der Waals surface area contributed by atoms with E-state index in [0.29, 0.717) is 18.2 Å². The Hall–Kier alpha value is -1.84. The summed E-state index contributed by atoms with van der Waals surface area (Å²) in [6.45, 7) is 5.30. The molecule has 0 aliphatic carbocycles. The van der Waals surface area contributed by atoms with Crippen LogP contribution in [0.1, 0.15) is 51.0 Å². The monoisotopic (exact) mass is 356 g/mol. The van der Waals surface area contributed by atoms with Crippen LogP contribution in [0.2, 0.25) is 0 Å². The van der Waals surface area contributed by atoms with Gasteiger partial charge in [-0.1, -0.05) is 43.7 Å². The van der Waals surface area contributed by atoms with Crippen molar-refractivity contribution in [3.63, 3.8) is 0 Å². The van der Waals surface area contributed by atoms with E-state index in [1.54, 1.807) is 0 Å². The van der Waals surface area contributed by atoms with Crippen LogP contribution in [-0.4, -0.2) is 47.8 Å². The summed E-state index contributed by atoms with van der Waals surface area (Å²) in [5.74, 6) is 1.21. The van der Waals surface area contributed by atoms with E-state index in [4.69, 9.17) is 0 Å². The number of hydrogen-bond acceptors (Lipinski definition) is 2. The van der Waals surface area contributed by atoms with Gasteiger partial charge in [0, 0.05) is 38.5 Å². The minimum atomic E-state index is 0.159. The highest BCUT2D eigenvalue weighted by molar-refractivity contribution is 5.79. The zero-order valence-corrected chi connectivity index (χ0v) is 16.0. The summed E-state index contributed by atoms with van der Waals surface area (Å²) in [6.07, 6.45) is 6.76. The van der Waals surface area contributed by atoms with E-state index in [9.17, 15) is 9.59 Å². The summed E-state index contributed by atoms with van der Waals surface area (Å²) in [5, 5.41) is 0. The van der Waals surface area contributed by atoms with Crippen LogP contribution in [0.3, 0.4) is 0 Å². The van der Waals surface area contributed by atoms with Crippen molar-refractivity contribution in [2.75, 3.05) is 26.2 Å². The van der Waals surface area contributed by atoms with Crippen molar-refractivity contribution in [3.05, 3.63) is 35.9 Å². The van der Waals surface area contributed by atoms with Gasteiger partial charge < -0.3 is 9.80 Å². The van der Waals surface area contributed by atoms with Gasteiger partial charge in [0.2, 0.25) is 11.8 Å². The van der Waals surface area contributed by atoms with Crippen LogP contribution in [0.4, 0.5) is 0 Å². The predicted molar refractivity (Wildman–Crippen MR) is 104 cm³/mol. The van der Waals surface area contributed by atoms with Crippen LogP contribution in [0.5, 0.6) is 0 Å². The third-order valence-electron chi connectivity index (χ3n) is 6.10. The van der Waals surface area contributed by atoms with Crippen molar-refractivity contribution in [3.8, 4) is 0 Å². The molecule has 0 unspecified atom stereocenters. The maximum Gasteiger partial charge on any atom is 0.225 e. The minimum Gasteiger partial charge on any atom is -0.343 e. The predicted octanol–water partition coefficient (Wildman–Crippen LogP) is 3.51. The number of carbonyl (C=O) groups excluding carboxylic acids is 2. The average molecular weight is 357 g/mol. The summed E-state index contributed by atoms with van der Waals surface area (Å²) >= 11 is 0. The lowest BCUT2D eigenvalue weighted by Crippen LogP contribution is -2.44. The lowest BCUT2D eigenvalue weighted by atomic mass is 9.81. The molecule has 1 aromatic rings. The fraction of sp³-hybridized carbons (Fsp3) is 0.636. The quantitative estimate of drug-likeness (QED) is 0.810. The second kappa shape index (κ2) is 9.20. The molecular formula is C22H32N2O2. The molecule has 0 spiro atoms. The molecule has 2 amide bonds. The van der Waals surface area contributed by atoms with Crippen molar-refractivity contribution in [2.24, 2.45) is 11.8 Å². The van der Waals surface area contributed by atoms with Gasteiger partial charge in [-0.25, -0.2) is 0 Å². The average Bonchev–Trinajstić information content (AvgIpc) is 2.88. The summed E-state index contributed by atoms with van der Waals surface area (Å²) in [4.78, 5) is 29.2. The van der Waals surface area contributed by atoms with Crippen LogP contribution in [-0.2, 0) is 16.0 Å². The van der Waals surface area contributed by atoms with E-state index in [1.807, 2.05) is 17.9 Å². The number of hydrogen-bond donors (Lipinski definition) is 0. The molecule has 1 atom stereocenters. The Morgan fingerprint density at radius 3 is 2.46 bits per heavy atom. The molecular weight excluding hydrogens is 324 g/mol. The minimum absolute atomic E-state index is 0.159. The largest absolute Gasteiger partial charge is 0.343 e. The van der Waals surface area contributed by atoms with Crippen LogP contribution in [0, 0.1) is 11.8 Å². The molecule has 1 aromatic carbocycles. The van der Waals surface area contributed by atoms with Crippen molar-refractivity contribution in [2.45, 2.75) is 51.9 Å². The van der Waals surface area contributed by atoms with Gasteiger partial charge in [0.25, 0.3) is 0 Å². The fourth-order valence-electron chi connectivity index (χ4n) is 4.48. The molecule has 26 heavy (non-hydrogen) atoms. The van der Waals surface area contributed by atoms with Crippen molar-refractivity contribution < 1.29 is 9.59 Å². The molecule has 0 aromatic heterocycles. The molecule has 4 heteroatoms. The topological polar surface area (TPSA) is 40.6 Å². The third-order valence-corrected chi connectivity index (χ3v) is 6.10. The number of carbonyl (C=O) groups is 2. The summed E-state index contributed by atoms with van der Waals surface area (Å²) in [5.41, 5.74) is 1.30. The van der Waals surface area contributed by atoms with Gasteiger partial charge in [0.05, 0.1) is 0 Å². The van der Waals surface area contributed by atoms with E-state index in [-0.39, 0.29) is 11.8 Å². The number of likely N-dealkylation sites (tertiary alicyclic amines) is 2. The van der Waals surface area contributed by atoms with Gasteiger partial charge in [0.15, 0.2) is 0 Å². The Kier molecular flexibility index (Phi) is 6.70. The van der Waals surface area contributed by atoms with Gasteiger partial charge in [-0.3, -0.25) is 9.59 Å². The lowest BCUT2D eigenvalue weighted by molar-refractivity contribution is -0.138. The molecule has 0 saturated carbocycles. The number of nitrogens with zero attached hydrogens (tertiary/aromatic N) is 2. The van der Waals surface area contributed by atoms with E-state index in [2.05, 4.69) is 29.2 Å². The van der Waals surface area contributed by atoms with Gasteiger partial charge in [0.1, 0.15) is 0 Å². The Bertz CT molecular complexity index is 593. The number of benzene rings is 1. The maximum absolute atomic E-state index is 13.2. The first-order valence-electron chi connectivity index (χ1n) is 10.3. The molecule has 4 nitrogen and oxygen atoms in total. The van der Waals surface area contributed by atoms with Crippen molar-refractivity contribution >= 4 is 11.8 Å². The molecule has 0 radical (unpaired) electrons. The van der Waals surface area contributed by atoms with Crippen LogP contribution < -0.4 is 0 Å². The van der Waals surface area contributed by atoms with Gasteiger partial charge >= 0.3 is 0 Å². The number of piperidine rings is 1. The molecule has 0 N–H and O–H groups in total. The number of amides is 2. The van der Waals surface area contributed by atoms with Crippen LogP contribution in [0.25, 0.3) is 0 Å². The van der Waals surface area contributed by atoms with Crippen molar-refractivity contribution in [1.82, 2.24) is 9.80 Å². The maximum atomic E-state index is 13.2. The SMILES string of the molecule is CCC(=O)N1CCC([C@H]2CCCCN(CCc3ccccc3)C2=O)CC1. The highest BCUT2D eigenvalue weighted by Crippen LogP contribution is 2.32. The molecule has 2 aliphatic heterocycles. The molecule has 2 heterocycles. The van der Waals surface area contributed by atoms with Crippen LogP contribution >= 0.6 is 0 Å². The molecule has 2 saturated heterocycles. The summed E-state index contributed by atoms with van der Waals surface area (Å²) in [7, 11) is 0. The molecule has 142 valence electrons. The molecule has 3 rings (SSSR count). The smallest absolute Gasteiger partial charge is 0.225 e. The molecule has 0 bridgehead atoms. The van der Waals surface area contributed by atoms with Gasteiger partial charge in [-0.2, -0.15) is 0 Å². The first kappa shape index (κ1) is 18.9. The Balaban J connectivity index is 1.57. The first-order valence-corrected chi connectivity index (χ1v) is 10.3. The highest BCUT2D eigenvalue weighted by atomic mass is 16.2. The Morgan fingerprint density at radius 1 is 1.04 bits per heavy atom. The molecule has 2 aliphatic rings. The van der Waals surface area contributed by atoms with Crippen LogP contribution in [0.15, 0.2) is 30.3 Å². The van der Waals surface area contributed by atoms with Crippen molar-refractivity contribution in [1.29, 1.82) is 0 Å². The fourth-order valence-corrected chi connectivity index (χ4v) is 4.48. The van der Waals surface area contributed by atoms with E-state index >= 15 is 0 Å². The van der Waals surface area contributed by atoms with Gasteiger partial charge in [-0.05, 0) is 43.6 Å². The first-order chi connectivity index (χ1) is 12.7. The standard InChI is InChI=1S/C22H32N2O2/c1-2-21(25)23-16-12-19(13-17-23)20-10-6-7-14-24(22(20)26)15-11-18-8-4-3-5-9-18/h3-5,8-9,19-20H,2,6-7,10-17H2,1H3/t20-/m1/s1. The summed E-state index contributed by atoms with van der Waals surface area (Å²) in [6, 6.07) is 10.4. The highest BCUT2D eigenvalue weighted by Gasteiger charge is 2.35.